The molecule has 0 saturated heterocycles. The maximum Gasteiger partial charge on any atom is 0.433 e. The van der Waals surface area contributed by atoms with Crippen LogP contribution < -0.4 is 11.1 Å². The van der Waals surface area contributed by atoms with Gasteiger partial charge >= 0.3 is 6.18 Å². The molecule has 5 aromatic rings. The number of rotatable bonds is 5. The number of halogens is 3. The molecule has 0 aliphatic heterocycles. The van der Waals surface area contributed by atoms with Crippen LogP contribution in [-0.2, 0) is 6.18 Å². The fourth-order valence-corrected chi connectivity index (χ4v) is 5.70. The van der Waals surface area contributed by atoms with Crippen molar-refractivity contribution in [1.82, 2.24) is 9.55 Å². The van der Waals surface area contributed by atoms with Crippen LogP contribution in [0.3, 0.4) is 0 Å². The molecule has 204 valence electrons. The Kier molecular flexibility index (Phi) is 6.46. The van der Waals surface area contributed by atoms with Gasteiger partial charge in [0, 0.05) is 39.9 Å². The minimum absolute atomic E-state index is 0.105. The Morgan fingerprint density at radius 1 is 0.950 bits per heavy atom. The Morgan fingerprint density at radius 2 is 1.70 bits per heavy atom. The number of nitrogens with zero attached hydrogens (tertiary/aromatic N) is 2. The molecule has 9 heteroatoms. The topological polar surface area (TPSA) is 93.2 Å². The van der Waals surface area contributed by atoms with Crippen LogP contribution in [0.1, 0.15) is 41.7 Å². The number of primary amides is 1. The summed E-state index contributed by atoms with van der Waals surface area (Å²) < 4.78 is 41.5. The first-order chi connectivity index (χ1) is 19.2. The zero-order valence-electron chi connectivity index (χ0n) is 21.4. The van der Waals surface area contributed by atoms with Crippen molar-refractivity contribution in [2.45, 2.75) is 44.0 Å². The molecule has 2 heterocycles. The second-order valence-corrected chi connectivity index (χ2v) is 10.2. The molecule has 1 amide bonds. The van der Waals surface area contributed by atoms with Crippen molar-refractivity contribution >= 4 is 33.4 Å². The predicted octanol–water partition coefficient (Wildman–Crippen LogP) is 6.68. The van der Waals surface area contributed by atoms with Gasteiger partial charge in [-0.25, -0.2) is 0 Å². The molecule has 1 aliphatic carbocycles. The Hall–Kier alpha value is -4.37. The van der Waals surface area contributed by atoms with Gasteiger partial charge in [-0.05, 0) is 67.6 Å². The molecule has 2 aromatic heterocycles. The van der Waals surface area contributed by atoms with E-state index >= 15 is 0 Å². The molecular weight excluding hydrogens is 517 g/mol. The molecule has 40 heavy (non-hydrogen) atoms. The summed E-state index contributed by atoms with van der Waals surface area (Å²) in [4.78, 5) is 16.0. The molecule has 6 nitrogen and oxygen atoms in total. The first kappa shape index (κ1) is 25.9. The summed E-state index contributed by atoms with van der Waals surface area (Å²) in [5, 5.41) is 15.2. The number of pyridine rings is 1. The number of amides is 1. The normalized spacial score (nSPS) is 17.8. The summed E-state index contributed by atoms with van der Waals surface area (Å²) in [6.07, 6.45) is -0.607. The predicted molar refractivity (Wildman–Crippen MR) is 149 cm³/mol. The molecule has 3 aromatic carbocycles. The largest absolute Gasteiger partial charge is 0.433 e. The molecule has 0 unspecified atom stereocenters. The highest BCUT2D eigenvalue weighted by atomic mass is 19.4. The maximum absolute atomic E-state index is 13.1. The second-order valence-electron chi connectivity index (χ2n) is 10.2. The zero-order chi connectivity index (χ0) is 28.0. The summed E-state index contributed by atoms with van der Waals surface area (Å²) in [6.45, 7) is 0. The SMILES string of the molecule is NC(=O)c1ccc(-n2c3ccccc3c3c(-c4ccc(C(F)(F)F)nc4)cccc32)cc1N[C@H]1CC[C@H](O)CC1. The van der Waals surface area contributed by atoms with Crippen molar-refractivity contribution in [3.8, 4) is 16.8 Å². The van der Waals surface area contributed by atoms with Crippen molar-refractivity contribution < 1.29 is 23.1 Å². The Balaban J connectivity index is 1.51. The van der Waals surface area contributed by atoms with Crippen LogP contribution in [-0.4, -0.2) is 32.7 Å². The molecule has 0 spiro atoms. The van der Waals surface area contributed by atoms with Crippen LogP contribution in [0.15, 0.2) is 79.0 Å². The number of aromatic nitrogens is 2. The number of carbonyl (C=O) groups is 1. The molecule has 1 fully saturated rings. The zero-order valence-corrected chi connectivity index (χ0v) is 21.4. The van der Waals surface area contributed by atoms with Gasteiger partial charge in [-0.15, -0.1) is 0 Å². The minimum atomic E-state index is -4.51. The number of carbonyl (C=O) groups excluding carboxylic acids is 1. The van der Waals surface area contributed by atoms with Crippen LogP contribution in [0.5, 0.6) is 0 Å². The first-order valence-corrected chi connectivity index (χ1v) is 13.2. The van der Waals surface area contributed by atoms with Crippen molar-refractivity contribution in [2.24, 2.45) is 5.73 Å². The van der Waals surface area contributed by atoms with Crippen molar-refractivity contribution in [1.29, 1.82) is 0 Å². The average molecular weight is 545 g/mol. The summed E-state index contributed by atoms with van der Waals surface area (Å²) in [7, 11) is 0. The number of aliphatic hydroxyl groups excluding tert-OH is 1. The van der Waals surface area contributed by atoms with Crippen molar-refractivity contribution in [2.75, 3.05) is 5.32 Å². The number of fused-ring (bicyclic) bond motifs is 3. The molecule has 1 saturated carbocycles. The van der Waals surface area contributed by atoms with Gasteiger partial charge in [0.1, 0.15) is 5.69 Å². The summed E-state index contributed by atoms with van der Waals surface area (Å²) >= 11 is 0. The highest BCUT2D eigenvalue weighted by Crippen LogP contribution is 2.39. The maximum atomic E-state index is 13.1. The van der Waals surface area contributed by atoms with E-state index in [0.29, 0.717) is 29.7 Å². The van der Waals surface area contributed by atoms with E-state index in [1.165, 1.54) is 12.3 Å². The number of anilines is 1. The van der Waals surface area contributed by atoms with Crippen molar-refractivity contribution in [3.05, 3.63) is 90.3 Å². The third-order valence-electron chi connectivity index (χ3n) is 7.65. The molecule has 0 atom stereocenters. The fourth-order valence-electron chi connectivity index (χ4n) is 5.70. The number of hydrogen-bond donors (Lipinski definition) is 3. The van der Waals surface area contributed by atoms with Crippen LogP contribution in [0, 0.1) is 0 Å². The number of nitrogens with one attached hydrogen (secondary N) is 1. The highest BCUT2D eigenvalue weighted by Gasteiger charge is 2.32. The van der Waals surface area contributed by atoms with E-state index in [1.54, 1.807) is 6.07 Å². The monoisotopic (exact) mass is 544 g/mol. The van der Waals surface area contributed by atoms with Crippen LogP contribution in [0.2, 0.25) is 0 Å². The number of para-hydroxylation sites is 1. The van der Waals surface area contributed by atoms with Crippen LogP contribution in [0.25, 0.3) is 38.6 Å². The molecule has 0 radical (unpaired) electrons. The number of aliphatic hydroxyl groups is 1. The van der Waals surface area contributed by atoms with E-state index < -0.39 is 17.8 Å². The first-order valence-electron chi connectivity index (χ1n) is 13.2. The minimum Gasteiger partial charge on any atom is -0.393 e. The van der Waals surface area contributed by atoms with Gasteiger partial charge in [0.05, 0.1) is 22.7 Å². The van der Waals surface area contributed by atoms with Crippen molar-refractivity contribution in [3.63, 3.8) is 0 Å². The lowest BCUT2D eigenvalue weighted by Crippen LogP contribution is -2.29. The molecule has 0 bridgehead atoms. The van der Waals surface area contributed by atoms with Crippen LogP contribution in [0.4, 0.5) is 18.9 Å². The standard InChI is InChI=1S/C31H27F3N4O2/c32-31(33,34)28-15-8-18(17-36-28)22-5-3-7-27-29(22)24-4-1-2-6-26(24)38(27)20-11-14-23(30(35)40)25(16-20)37-19-9-12-21(39)13-10-19/h1-8,11,14-17,19,21,37,39H,9-10,12-13H2,(H2,35,40)/t19-,21-. The van der Waals surface area contributed by atoms with E-state index in [9.17, 15) is 23.1 Å². The number of benzene rings is 3. The molecule has 4 N–H and O–H groups in total. The Labute approximate surface area is 228 Å². The van der Waals surface area contributed by atoms with Gasteiger partial charge in [-0.1, -0.05) is 36.4 Å². The molecular formula is C31H27F3N4O2. The molecule has 1 aliphatic rings. The third kappa shape index (κ3) is 4.66. The van der Waals surface area contributed by atoms with Gasteiger partial charge < -0.3 is 20.7 Å². The Morgan fingerprint density at radius 3 is 2.40 bits per heavy atom. The van der Waals surface area contributed by atoms with E-state index in [1.807, 2.05) is 54.6 Å². The summed E-state index contributed by atoms with van der Waals surface area (Å²) in [5.74, 6) is -0.538. The summed E-state index contributed by atoms with van der Waals surface area (Å²) in [6, 6.07) is 21.6. The average Bonchev–Trinajstić information content (AvgIpc) is 3.28. The van der Waals surface area contributed by atoms with E-state index in [-0.39, 0.29) is 12.1 Å². The molecule has 6 rings (SSSR count). The highest BCUT2D eigenvalue weighted by molar-refractivity contribution is 6.15. The van der Waals surface area contributed by atoms with Gasteiger partial charge in [0.25, 0.3) is 5.91 Å². The van der Waals surface area contributed by atoms with E-state index in [0.717, 1.165) is 52.0 Å². The number of hydrogen-bond acceptors (Lipinski definition) is 4. The quantitative estimate of drug-likeness (QED) is 0.230. The third-order valence-corrected chi connectivity index (χ3v) is 7.65. The second kappa shape index (κ2) is 9.98. The van der Waals surface area contributed by atoms with Crippen LogP contribution >= 0.6 is 0 Å². The summed E-state index contributed by atoms with van der Waals surface area (Å²) in [5.41, 5.74) is 9.69. The lowest BCUT2D eigenvalue weighted by molar-refractivity contribution is -0.141. The number of alkyl halides is 3. The Bertz CT molecular complexity index is 1720. The van der Waals surface area contributed by atoms with Gasteiger partial charge in [0.2, 0.25) is 0 Å². The van der Waals surface area contributed by atoms with E-state index in [2.05, 4.69) is 14.9 Å². The smallest absolute Gasteiger partial charge is 0.393 e. The van der Waals surface area contributed by atoms with Gasteiger partial charge in [-0.3, -0.25) is 9.78 Å². The lowest BCUT2D eigenvalue weighted by Gasteiger charge is -2.28. The van der Waals surface area contributed by atoms with E-state index in [4.69, 9.17) is 5.73 Å². The lowest BCUT2D eigenvalue weighted by atomic mass is 9.92. The number of nitrogens with two attached hydrogens (primary N) is 1. The van der Waals surface area contributed by atoms with Gasteiger partial charge in [-0.2, -0.15) is 13.2 Å². The van der Waals surface area contributed by atoms with Gasteiger partial charge in [0.15, 0.2) is 0 Å². The fraction of sp³-hybridized carbons (Fsp3) is 0.226.